The Morgan fingerprint density at radius 3 is 2.15 bits per heavy atom. The second-order valence-electron chi connectivity index (χ2n) is 8.73. The van der Waals surface area contributed by atoms with Gasteiger partial charge in [-0.05, 0) is 62.1 Å². The van der Waals surface area contributed by atoms with Gasteiger partial charge in [-0.25, -0.2) is 0 Å². The van der Waals surface area contributed by atoms with E-state index in [0.717, 1.165) is 17.2 Å². The third kappa shape index (κ3) is 6.59. The van der Waals surface area contributed by atoms with E-state index >= 15 is 0 Å². The Bertz CT molecular complexity index is 1100. The number of carbonyl (C=O) groups excluding carboxylic acids is 1. The van der Waals surface area contributed by atoms with E-state index < -0.39 is 17.5 Å². The number of aromatic hydroxyl groups is 2. The summed E-state index contributed by atoms with van der Waals surface area (Å²) < 4.78 is 6.17. The van der Waals surface area contributed by atoms with Gasteiger partial charge in [-0.1, -0.05) is 42.5 Å². The SMILES string of the molecule is CC(C)(CCC(CC(=O)c1cc(O)cc(O)c1)Oc1cccc(-c2ccccc2)c1)C(=O)O. The Kier molecular flexibility index (Phi) is 7.38. The highest BCUT2D eigenvalue weighted by Crippen LogP contribution is 2.29. The van der Waals surface area contributed by atoms with E-state index in [-0.39, 0.29) is 29.3 Å². The zero-order valence-electron chi connectivity index (χ0n) is 18.7. The van der Waals surface area contributed by atoms with Crippen molar-refractivity contribution < 1.29 is 29.6 Å². The number of ether oxygens (including phenoxy) is 1. The molecule has 0 aliphatic rings. The lowest BCUT2D eigenvalue weighted by Gasteiger charge is -2.24. The fraction of sp³-hybridized carbons (Fsp3) is 0.259. The van der Waals surface area contributed by atoms with Gasteiger partial charge in [0.1, 0.15) is 23.4 Å². The largest absolute Gasteiger partial charge is 0.508 e. The zero-order valence-corrected chi connectivity index (χ0v) is 18.7. The molecular formula is C27H28O6. The van der Waals surface area contributed by atoms with E-state index in [4.69, 9.17) is 4.74 Å². The van der Waals surface area contributed by atoms with Crippen LogP contribution in [0.4, 0.5) is 0 Å². The summed E-state index contributed by atoms with van der Waals surface area (Å²) in [6.07, 6.45) is 0.0235. The molecule has 3 rings (SSSR count). The van der Waals surface area contributed by atoms with Crippen molar-refractivity contribution in [3.8, 4) is 28.4 Å². The first kappa shape index (κ1) is 23.9. The van der Waals surface area contributed by atoms with Gasteiger partial charge in [0.15, 0.2) is 5.78 Å². The minimum Gasteiger partial charge on any atom is -0.508 e. The molecule has 0 saturated heterocycles. The van der Waals surface area contributed by atoms with Crippen LogP contribution in [0.5, 0.6) is 17.2 Å². The van der Waals surface area contributed by atoms with Crippen LogP contribution in [0.15, 0.2) is 72.8 Å². The molecular weight excluding hydrogens is 420 g/mol. The molecule has 0 aliphatic carbocycles. The van der Waals surface area contributed by atoms with Crippen molar-refractivity contribution in [1.29, 1.82) is 0 Å². The van der Waals surface area contributed by atoms with Gasteiger partial charge < -0.3 is 20.1 Å². The summed E-state index contributed by atoms with van der Waals surface area (Å²) in [4.78, 5) is 24.4. The minimum atomic E-state index is -0.972. The summed E-state index contributed by atoms with van der Waals surface area (Å²) in [6, 6.07) is 21.1. The van der Waals surface area contributed by atoms with Crippen LogP contribution in [-0.4, -0.2) is 33.2 Å². The second kappa shape index (κ2) is 10.2. The quantitative estimate of drug-likeness (QED) is 0.345. The highest BCUT2D eigenvalue weighted by Gasteiger charge is 2.29. The molecule has 3 aromatic rings. The first-order valence-corrected chi connectivity index (χ1v) is 10.8. The van der Waals surface area contributed by atoms with Crippen LogP contribution in [0.1, 0.15) is 43.5 Å². The molecule has 33 heavy (non-hydrogen) atoms. The van der Waals surface area contributed by atoms with Gasteiger partial charge in [0.2, 0.25) is 0 Å². The molecule has 172 valence electrons. The molecule has 1 atom stereocenters. The van der Waals surface area contributed by atoms with Crippen molar-refractivity contribution >= 4 is 11.8 Å². The minimum absolute atomic E-state index is 0.0336. The maximum atomic E-state index is 12.9. The number of carboxylic acid groups (broad SMARTS) is 1. The molecule has 6 heteroatoms. The number of carboxylic acids is 1. The average Bonchev–Trinajstić information content (AvgIpc) is 2.77. The summed E-state index contributed by atoms with van der Waals surface area (Å²) in [5.41, 5.74) is 1.18. The zero-order chi connectivity index (χ0) is 24.0. The Morgan fingerprint density at radius 2 is 1.52 bits per heavy atom. The van der Waals surface area contributed by atoms with Crippen LogP contribution in [0.3, 0.4) is 0 Å². The Hall–Kier alpha value is -3.80. The third-order valence-electron chi connectivity index (χ3n) is 5.55. The first-order valence-electron chi connectivity index (χ1n) is 10.8. The van der Waals surface area contributed by atoms with Crippen LogP contribution in [0.25, 0.3) is 11.1 Å². The molecule has 0 radical (unpaired) electrons. The number of benzene rings is 3. The highest BCUT2D eigenvalue weighted by molar-refractivity contribution is 5.97. The molecule has 0 bridgehead atoms. The van der Waals surface area contributed by atoms with Crippen molar-refractivity contribution in [2.75, 3.05) is 0 Å². The lowest BCUT2D eigenvalue weighted by atomic mass is 9.86. The summed E-state index contributed by atoms with van der Waals surface area (Å²) in [5.74, 6) is -1.09. The number of hydrogen-bond acceptors (Lipinski definition) is 5. The monoisotopic (exact) mass is 448 g/mol. The summed E-state index contributed by atoms with van der Waals surface area (Å²) >= 11 is 0. The number of hydrogen-bond donors (Lipinski definition) is 3. The summed E-state index contributed by atoms with van der Waals surface area (Å²) in [5, 5.41) is 28.9. The standard InChI is InChI=1S/C27H28O6/c1-27(2,26(31)32)12-11-24(17-25(30)20-13-21(28)16-22(29)14-20)33-23-10-6-9-19(15-23)18-7-4-3-5-8-18/h3-10,13-16,24,28-29H,11-12,17H2,1-2H3,(H,31,32). The maximum Gasteiger partial charge on any atom is 0.309 e. The Labute approximate surface area is 193 Å². The van der Waals surface area contributed by atoms with E-state index in [1.165, 1.54) is 12.1 Å². The fourth-order valence-corrected chi connectivity index (χ4v) is 3.48. The van der Waals surface area contributed by atoms with Crippen molar-refractivity contribution in [3.63, 3.8) is 0 Å². The lowest BCUT2D eigenvalue weighted by Crippen LogP contribution is -2.28. The molecule has 3 aromatic carbocycles. The number of rotatable bonds is 10. The molecule has 0 heterocycles. The van der Waals surface area contributed by atoms with Gasteiger partial charge >= 0.3 is 5.97 Å². The number of carbonyl (C=O) groups is 2. The molecule has 1 unspecified atom stereocenters. The smallest absolute Gasteiger partial charge is 0.309 e. The van der Waals surface area contributed by atoms with Gasteiger partial charge in [-0.2, -0.15) is 0 Å². The molecule has 6 nitrogen and oxygen atoms in total. The number of ketones is 1. The van der Waals surface area contributed by atoms with Gasteiger partial charge in [0, 0.05) is 18.1 Å². The maximum absolute atomic E-state index is 12.9. The van der Waals surface area contributed by atoms with E-state index in [2.05, 4.69) is 0 Å². The second-order valence-corrected chi connectivity index (χ2v) is 8.73. The van der Waals surface area contributed by atoms with Gasteiger partial charge in [-0.3, -0.25) is 9.59 Å². The molecule has 0 fully saturated rings. The topological polar surface area (TPSA) is 104 Å². The lowest BCUT2D eigenvalue weighted by molar-refractivity contribution is -0.147. The first-order chi connectivity index (χ1) is 15.6. The van der Waals surface area contributed by atoms with Gasteiger partial charge in [0.25, 0.3) is 0 Å². The number of phenols is 2. The van der Waals surface area contributed by atoms with Crippen LogP contribution in [0, 0.1) is 5.41 Å². The molecule has 0 saturated carbocycles. The van der Waals surface area contributed by atoms with Crippen molar-refractivity contribution in [2.24, 2.45) is 5.41 Å². The van der Waals surface area contributed by atoms with Crippen LogP contribution in [0.2, 0.25) is 0 Å². The van der Waals surface area contributed by atoms with E-state index in [0.29, 0.717) is 18.6 Å². The van der Waals surface area contributed by atoms with Crippen LogP contribution < -0.4 is 4.74 Å². The number of phenolic OH excluding ortho intramolecular Hbond substituents is 2. The molecule has 0 amide bonds. The molecule has 0 aliphatic heterocycles. The predicted molar refractivity (Wildman–Crippen MR) is 126 cm³/mol. The normalized spacial score (nSPS) is 12.2. The van der Waals surface area contributed by atoms with Gasteiger partial charge in [0.05, 0.1) is 5.41 Å². The number of aliphatic carboxylic acids is 1. The van der Waals surface area contributed by atoms with Gasteiger partial charge in [-0.15, -0.1) is 0 Å². The van der Waals surface area contributed by atoms with Crippen LogP contribution in [-0.2, 0) is 4.79 Å². The average molecular weight is 449 g/mol. The van der Waals surface area contributed by atoms with E-state index in [9.17, 15) is 24.9 Å². The molecule has 0 spiro atoms. The number of Topliss-reactive ketones (excluding diaryl/α,β-unsaturated/α-hetero) is 1. The Balaban J connectivity index is 1.82. The third-order valence-corrected chi connectivity index (χ3v) is 5.55. The van der Waals surface area contributed by atoms with E-state index in [1.54, 1.807) is 19.9 Å². The molecule has 3 N–H and O–H groups in total. The fourth-order valence-electron chi connectivity index (χ4n) is 3.48. The van der Waals surface area contributed by atoms with E-state index in [1.807, 2.05) is 48.5 Å². The Morgan fingerprint density at radius 1 is 0.879 bits per heavy atom. The summed E-state index contributed by atoms with van der Waals surface area (Å²) in [7, 11) is 0. The summed E-state index contributed by atoms with van der Waals surface area (Å²) in [6.45, 7) is 3.27. The predicted octanol–water partition coefficient (Wildman–Crippen LogP) is 5.68. The van der Waals surface area contributed by atoms with Crippen LogP contribution >= 0.6 is 0 Å². The van der Waals surface area contributed by atoms with Crippen molar-refractivity contribution in [2.45, 2.75) is 39.2 Å². The highest BCUT2D eigenvalue weighted by atomic mass is 16.5. The molecule has 0 aromatic heterocycles. The van der Waals surface area contributed by atoms with Crippen molar-refractivity contribution in [1.82, 2.24) is 0 Å². The van der Waals surface area contributed by atoms with Crippen molar-refractivity contribution in [3.05, 3.63) is 78.4 Å².